The Morgan fingerprint density at radius 2 is 1.79 bits per heavy atom. The fraction of sp³-hybridized carbons (Fsp3) is 0.125. The first kappa shape index (κ1) is 12.8. The van der Waals surface area contributed by atoms with Crippen LogP contribution < -0.4 is 0 Å². The molecule has 1 N–H and O–H groups in total. The lowest BCUT2D eigenvalue weighted by atomic mass is 10.0. The first-order chi connectivity index (χ1) is 9.20. The number of Topliss-reactive ketones (excluding diaryl/α,β-unsaturated/α-hetero) is 1. The van der Waals surface area contributed by atoms with Gasteiger partial charge in [0.15, 0.2) is 5.78 Å². The van der Waals surface area contributed by atoms with E-state index in [2.05, 4.69) is 0 Å². The molecule has 0 aliphatic heterocycles. The molecule has 3 nitrogen and oxygen atoms in total. The van der Waals surface area contributed by atoms with Crippen molar-refractivity contribution in [3.63, 3.8) is 0 Å². The lowest BCUT2D eigenvalue weighted by molar-refractivity contribution is 0.0983. The second kappa shape index (κ2) is 5.83. The Labute approximate surface area is 111 Å². The van der Waals surface area contributed by atoms with E-state index in [1.54, 1.807) is 42.5 Å². The smallest absolute Gasteiger partial charge is 0.163 e. The highest BCUT2D eigenvalue weighted by Crippen LogP contribution is 2.18. The summed E-state index contributed by atoms with van der Waals surface area (Å²) in [5.41, 5.74) is 1.90. The quantitative estimate of drug-likeness (QED) is 0.849. The summed E-state index contributed by atoms with van der Waals surface area (Å²) in [6.45, 7) is 0. The number of para-hydroxylation sites is 1. The molecule has 0 atom stereocenters. The van der Waals surface area contributed by atoms with Gasteiger partial charge in [-0.1, -0.05) is 30.3 Å². The second-order valence-electron chi connectivity index (χ2n) is 4.24. The van der Waals surface area contributed by atoms with E-state index in [0.717, 1.165) is 5.56 Å². The maximum absolute atomic E-state index is 12.0. The van der Waals surface area contributed by atoms with Crippen LogP contribution in [0.4, 0.5) is 0 Å². The Bertz CT molecular complexity index is 624. The molecular weight excluding hydrogens is 238 g/mol. The van der Waals surface area contributed by atoms with Gasteiger partial charge < -0.3 is 5.11 Å². The molecular formula is C16H13NO2. The van der Waals surface area contributed by atoms with Crippen molar-refractivity contribution in [2.75, 3.05) is 0 Å². The number of nitrogens with zero attached hydrogens (tertiary/aromatic N) is 1. The summed E-state index contributed by atoms with van der Waals surface area (Å²) in [6.07, 6.45) is 0.842. The average Bonchev–Trinajstić information content (AvgIpc) is 2.46. The fourth-order valence-corrected chi connectivity index (χ4v) is 1.85. The number of aromatic hydroxyl groups is 1. The summed E-state index contributed by atoms with van der Waals surface area (Å²) < 4.78 is 0. The predicted molar refractivity (Wildman–Crippen MR) is 71.9 cm³/mol. The van der Waals surface area contributed by atoms with Crippen LogP contribution in [-0.2, 0) is 6.42 Å². The van der Waals surface area contributed by atoms with Gasteiger partial charge >= 0.3 is 0 Å². The largest absolute Gasteiger partial charge is 0.508 e. The number of hydrogen-bond donors (Lipinski definition) is 1. The van der Waals surface area contributed by atoms with Crippen molar-refractivity contribution in [3.05, 3.63) is 65.2 Å². The molecule has 0 aromatic heterocycles. The molecule has 0 unspecified atom stereocenters. The van der Waals surface area contributed by atoms with Crippen LogP contribution in [0.1, 0.15) is 27.9 Å². The van der Waals surface area contributed by atoms with Gasteiger partial charge in [-0.25, -0.2) is 0 Å². The molecule has 2 rings (SSSR count). The van der Waals surface area contributed by atoms with Crippen LogP contribution in [0.25, 0.3) is 0 Å². The second-order valence-corrected chi connectivity index (χ2v) is 4.24. The number of carbonyl (C=O) groups is 1. The summed E-state index contributed by atoms with van der Waals surface area (Å²) in [6, 6.07) is 15.6. The molecule has 94 valence electrons. The number of aryl methyl sites for hydroxylation is 1. The maximum atomic E-state index is 12.0. The zero-order chi connectivity index (χ0) is 13.7. The van der Waals surface area contributed by atoms with Gasteiger partial charge in [-0.3, -0.25) is 4.79 Å². The Kier molecular flexibility index (Phi) is 3.94. The van der Waals surface area contributed by atoms with Crippen molar-refractivity contribution in [2.45, 2.75) is 12.8 Å². The molecule has 0 aliphatic carbocycles. The maximum Gasteiger partial charge on any atom is 0.163 e. The van der Waals surface area contributed by atoms with Crippen LogP contribution in [0.5, 0.6) is 5.75 Å². The van der Waals surface area contributed by atoms with Gasteiger partial charge in [0, 0.05) is 12.0 Å². The molecule has 0 heterocycles. The standard InChI is InChI=1S/C16H13NO2/c17-11-12-5-7-14(8-6-12)16(19)10-9-13-3-1-2-4-15(13)18/h1-8,18H,9-10H2. The first-order valence-electron chi connectivity index (χ1n) is 6.01. The van der Waals surface area contributed by atoms with Gasteiger partial charge in [0.1, 0.15) is 5.75 Å². The molecule has 0 saturated heterocycles. The number of benzene rings is 2. The SMILES string of the molecule is N#Cc1ccc(C(=O)CCc2ccccc2O)cc1. The number of hydrogen-bond acceptors (Lipinski definition) is 3. The monoisotopic (exact) mass is 251 g/mol. The number of nitriles is 1. The van der Waals surface area contributed by atoms with Crippen molar-refractivity contribution in [2.24, 2.45) is 0 Å². The van der Waals surface area contributed by atoms with Gasteiger partial charge in [0.05, 0.1) is 11.6 Å². The van der Waals surface area contributed by atoms with E-state index in [1.165, 1.54) is 0 Å². The summed E-state index contributed by atoms with van der Waals surface area (Å²) >= 11 is 0. The van der Waals surface area contributed by atoms with E-state index >= 15 is 0 Å². The number of carbonyl (C=O) groups excluding carboxylic acids is 1. The van der Waals surface area contributed by atoms with E-state index in [1.807, 2.05) is 12.1 Å². The molecule has 0 bridgehead atoms. The number of ketones is 1. The summed E-state index contributed by atoms with van der Waals surface area (Å²) in [5.74, 6) is 0.225. The van der Waals surface area contributed by atoms with E-state index in [-0.39, 0.29) is 11.5 Å². The van der Waals surface area contributed by atoms with Crippen LogP contribution in [0, 0.1) is 11.3 Å². The van der Waals surface area contributed by atoms with Crippen molar-refractivity contribution in [1.82, 2.24) is 0 Å². The molecule has 2 aromatic carbocycles. The zero-order valence-corrected chi connectivity index (χ0v) is 10.3. The normalized spacial score (nSPS) is 9.84. The zero-order valence-electron chi connectivity index (χ0n) is 10.3. The third-order valence-corrected chi connectivity index (χ3v) is 2.95. The van der Waals surface area contributed by atoms with Crippen LogP contribution in [-0.4, -0.2) is 10.9 Å². The summed E-state index contributed by atoms with van der Waals surface area (Å²) in [7, 11) is 0. The molecule has 19 heavy (non-hydrogen) atoms. The van der Waals surface area contributed by atoms with Crippen molar-refractivity contribution in [1.29, 1.82) is 5.26 Å². The summed E-state index contributed by atoms with van der Waals surface area (Å²) in [5, 5.41) is 18.3. The lowest BCUT2D eigenvalue weighted by Gasteiger charge is -2.04. The molecule has 0 aliphatic rings. The molecule has 0 spiro atoms. The van der Waals surface area contributed by atoms with Crippen molar-refractivity contribution >= 4 is 5.78 Å². The van der Waals surface area contributed by atoms with Crippen LogP contribution in [0.15, 0.2) is 48.5 Å². The number of phenolic OH excluding ortho intramolecular Hbond substituents is 1. The molecule has 3 heteroatoms. The molecule has 0 radical (unpaired) electrons. The van der Waals surface area contributed by atoms with Gasteiger partial charge in [-0.15, -0.1) is 0 Å². The van der Waals surface area contributed by atoms with E-state index in [9.17, 15) is 9.90 Å². The number of phenols is 1. The Hall–Kier alpha value is -2.60. The van der Waals surface area contributed by atoms with Gasteiger partial charge in [0.25, 0.3) is 0 Å². The highest BCUT2D eigenvalue weighted by atomic mass is 16.3. The van der Waals surface area contributed by atoms with Crippen LogP contribution >= 0.6 is 0 Å². The Morgan fingerprint density at radius 3 is 2.42 bits per heavy atom. The predicted octanol–water partition coefficient (Wildman–Crippen LogP) is 3.08. The van der Waals surface area contributed by atoms with Crippen LogP contribution in [0.3, 0.4) is 0 Å². The molecule has 0 fully saturated rings. The van der Waals surface area contributed by atoms with Gasteiger partial charge in [0.2, 0.25) is 0 Å². The van der Waals surface area contributed by atoms with Gasteiger partial charge in [-0.05, 0) is 30.2 Å². The Balaban J connectivity index is 2.02. The van der Waals surface area contributed by atoms with Crippen molar-refractivity contribution in [3.8, 4) is 11.8 Å². The Morgan fingerprint density at radius 1 is 1.11 bits per heavy atom. The molecule has 0 saturated carbocycles. The van der Waals surface area contributed by atoms with Crippen molar-refractivity contribution < 1.29 is 9.90 Å². The van der Waals surface area contributed by atoms with E-state index < -0.39 is 0 Å². The minimum absolute atomic E-state index is 0.00717. The third kappa shape index (κ3) is 3.20. The topological polar surface area (TPSA) is 61.1 Å². The highest BCUT2D eigenvalue weighted by Gasteiger charge is 2.08. The first-order valence-corrected chi connectivity index (χ1v) is 6.01. The highest BCUT2D eigenvalue weighted by molar-refractivity contribution is 5.96. The molecule has 2 aromatic rings. The van der Waals surface area contributed by atoms with Crippen LogP contribution in [0.2, 0.25) is 0 Å². The summed E-state index contributed by atoms with van der Waals surface area (Å²) in [4.78, 5) is 12.0. The molecule has 0 amide bonds. The number of rotatable bonds is 4. The lowest BCUT2D eigenvalue weighted by Crippen LogP contribution is -2.01. The van der Waals surface area contributed by atoms with E-state index in [4.69, 9.17) is 5.26 Å². The average molecular weight is 251 g/mol. The van der Waals surface area contributed by atoms with Gasteiger partial charge in [-0.2, -0.15) is 5.26 Å². The van der Waals surface area contributed by atoms with E-state index in [0.29, 0.717) is 24.0 Å². The minimum Gasteiger partial charge on any atom is -0.508 e. The fourth-order valence-electron chi connectivity index (χ4n) is 1.85. The third-order valence-electron chi connectivity index (χ3n) is 2.95. The minimum atomic E-state index is 0.00717.